The van der Waals surface area contributed by atoms with Crippen LogP contribution in [0.5, 0.6) is 5.75 Å². The highest BCUT2D eigenvalue weighted by Gasteiger charge is 2.03. The Labute approximate surface area is 87.7 Å². The molecule has 1 aromatic rings. The van der Waals surface area contributed by atoms with Gasteiger partial charge >= 0.3 is 5.97 Å². The topological polar surface area (TPSA) is 55.8 Å². The molecule has 1 rings (SSSR count). The lowest BCUT2D eigenvalue weighted by atomic mass is 10.1. The van der Waals surface area contributed by atoms with Crippen LogP contribution in [0.3, 0.4) is 0 Å². The van der Waals surface area contributed by atoms with Gasteiger partial charge in [0.15, 0.2) is 0 Å². The fraction of sp³-hybridized carbons (Fsp3) is 0.182. The van der Waals surface area contributed by atoms with Crippen LogP contribution in [-0.2, 0) is 9.53 Å². The van der Waals surface area contributed by atoms with Gasteiger partial charge in [0.2, 0.25) is 0 Å². The number of hydrogen-bond donors (Lipinski definition) is 1. The van der Waals surface area contributed by atoms with Crippen molar-refractivity contribution in [2.24, 2.45) is 0 Å². The van der Waals surface area contributed by atoms with E-state index in [0.717, 1.165) is 6.08 Å². The maximum Gasteiger partial charge on any atom is 0.332 e. The SMILES string of the molecule is COC(=CC(=O)O)c1ccc(OC)cc1. The molecule has 1 N–H and O–H groups in total. The van der Waals surface area contributed by atoms with Gasteiger partial charge < -0.3 is 14.6 Å². The summed E-state index contributed by atoms with van der Waals surface area (Å²) in [5.41, 5.74) is 0.695. The third-order valence-electron chi connectivity index (χ3n) is 1.85. The molecule has 4 heteroatoms. The first-order valence-corrected chi connectivity index (χ1v) is 4.30. The van der Waals surface area contributed by atoms with Gasteiger partial charge in [0.1, 0.15) is 11.5 Å². The lowest BCUT2D eigenvalue weighted by Crippen LogP contribution is -1.94. The molecule has 0 saturated carbocycles. The molecule has 0 fully saturated rings. The van der Waals surface area contributed by atoms with Gasteiger partial charge in [0.05, 0.1) is 20.3 Å². The Kier molecular flexibility index (Phi) is 3.74. The van der Waals surface area contributed by atoms with Crippen LogP contribution in [0, 0.1) is 0 Å². The van der Waals surface area contributed by atoms with Gasteiger partial charge in [-0.2, -0.15) is 0 Å². The van der Waals surface area contributed by atoms with E-state index < -0.39 is 5.97 Å². The monoisotopic (exact) mass is 208 g/mol. The smallest absolute Gasteiger partial charge is 0.332 e. The van der Waals surface area contributed by atoms with E-state index in [2.05, 4.69) is 0 Å². The minimum absolute atomic E-state index is 0.310. The number of aliphatic carboxylic acids is 1. The van der Waals surface area contributed by atoms with E-state index >= 15 is 0 Å². The number of carbonyl (C=O) groups is 1. The molecule has 0 radical (unpaired) electrons. The van der Waals surface area contributed by atoms with E-state index in [-0.39, 0.29) is 0 Å². The molecule has 0 aromatic heterocycles. The minimum atomic E-state index is -1.04. The van der Waals surface area contributed by atoms with Gasteiger partial charge in [-0.05, 0) is 24.3 Å². The summed E-state index contributed by atoms with van der Waals surface area (Å²) in [6.07, 6.45) is 1.02. The molecule has 0 heterocycles. The first-order chi connectivity index (χ1) is 7.17. The van der Waals surface area contributed by atoms with E-state index in [1.807, 2.05) is 0 Å². The maximum absolute atomic E-state index is 10.5. The standard InChI is InChI=1S/C11H12O4/c1-14-9-5-3-8(4-6-9)10(15-2)7-11(12)13/h3-7H,1-2H3,(H,12,13). The molecular formula is C11H12O4. The van der Waals surface area contributed by atoms with Crippen molar-refractivity contribution in [3.8, 4) is 5.75 Å². The number of carboxylic acids is 1. The van der Waals surface area contributed by atoms with E-state index in [0.29, 0.717) is 17.1 Å². The zero-order chi connectivity index (χ0) is 11.3. The summed E-state index contributed by atoms with van der Waals surface area (Å²) in [7, 11) is 3.00. The van der Waals surface area contributed by atoms with Crippen molar-refractivity contribution in [3.05, 3.63) is 35.9 Å². The first-order valence-electron chi connectivity index (χ1n) is 4.30. The molecule has 0 amide bonds. The fourth-order valence-electron chi connectivity index (χ4n) is 1.13. The second kappa shape index (κ2) is 5.05. The van der Waals surface area contributed by atoms with Crippen molar-refractivity contribution in [1.29, 1.82) is 0 Å². The third kappa shape index (κ3) is 3.02. The number of ether oxygens (including phenoxy) is 2. The molecule has 0 atom stereocenters. The summed E-state index contributed by atoms with van der Waals surface area (Å²) in [6.45, 7) is 0. The molecule has 1 aromatic carbocycles. The Bertz CT molecular complexity index is 365. The van der Waals surface area contributed by atoms with Gasteiger partial charge in [-0.1, -0.05) is 0 Å². The van der Waals surface area contributed by atoms with Crippen molar-refractivity contribution >= 4 is 11.7 Å². The summed E-state index contributed by atoms with van der Waals surface area (Å²) in [4.78, 5) is 10.5. The number of rotatable bonds is 4. The third-order valence-corrected chi connectivity index (χ3v) is 1.85. The van der Waals surface area contributed by atoms with E-state index in [1.54, 1.807) is 31.4 Å². The quantitative estimate of drug-likeness (QED) is 0.605. The molecule has 15 heavy (non-hydrogen) atoms. The van der Waals surface area contributed by atoms with Crippen molar-refractivity contribution in [2.75, 3.05) is 14.2 Å². The Morgan fingerprint density at radius 1 is 1.27 bits per heavy atom. The van der Waals surface area contributed by atoms with Crippen LogP contribution < -0.4 is 4.74 Å². The molecule has 0 saturated heterocycles. The van der Waals surface area contributed by atoms with Crippen molar-refractivity contribution in [3.63, 3.8) is 0 Å². The van der Waals surface area contributed by atoms with Crippen LogP contribution in [-0.4, -0.2) is 25.3 Å². The molecule has 0 aliphatic rings. The molecule has 4 nitrogen and oxygen atoms in total. The highest BCUT2D eigenvalue weighted by atomic mass is 16.5. The maximum atomic E-state index is 10.5. The Balaban J connectivity index is 2.98. The van der Waals surface area contributed by atoms with Crippen molar-refractivity contribution in [1.82, 2.24) is 0 Å². The number of hydrogen-bond acceptors (Lipinski definition) is 3. The fourth-order valence-corrected chi connectivity index (χ4v) is 1.13. The normalized spacial score (nSPS) is 10.9. The summed E-state index contributed by atoms with van der Waals surface area (Å²) in [5.74, 6) is -0.0163. The highest BCUT2D eigenvalue weighted by molar-refractivity contribution is 5.88. The predicted octanol–water partition coefficient (Wildman–Crippen LogP) is 1.77. The Morgan fingerprint density at radius 3 is 2.27 bits per heavy atom. The molecule has 0 aliphatic heterocycles. The van der Waals surface area contributed by atoms with Gasteiger partial charge in [-0.25, -0.2) is 4.79 Å². The zero-order valence-corrected chi connectivity index (χ0v) is 8.56. The average Bonchev–Trinajstić information content (AvgIpc) is 2.26. The summed E-state index contributed by atoms with van der Waals surface area (Å²) >= 11 is 0. The van der Waals surface area contributed by atoms with Crippen LogP contribution in [0.25, 0.3) is 5.76 Å². The Hall–Kier alpha value is -1.97. The minimum Gasteiger partial charge on any atom is -0.497 e. The van der Waals surface area contributed by atoms with Crippen molar-refractivity contribution < 1.29 is 19.4 Å². The molecule has 0 spiro atoms. The molecule has 0 aliphatic carbocycles. The van der Waals surface area contributed by atoms with Gasteiger partial charge in [0.25, 0.3) is 0 Å². The lowest BCUT2D eigenvalue weighted by molar-refractivity contribution is -0.131. The zero-order valence-electron chi connectivity index (χ0n) is 8.56. The number of methoxy groups -OCH3 is 2. The average molecular weight is 208 g/mol. The first kappa shape index (κ1) is 11.1. The van der Waals surface area contributed by atoms with Crippen LogP contribution >= 0.6 is 0 Å². The van der Waals surface area contributed by atoms with Crippen LogP contribution in [0.15, 0.2) is 30.3 Å². The van der Waals surface area contributed by atoms with E-state index in [1.165, 1.54) is 7.11 Å². The van der Waals surface area contributed by atoms with Crippen LogP contribution in [0.2, 0.25) is 0 Å². The summed E-state index contributed by atoms with van der Waals surface area (Å²) in [6, 6.07) is 6.95. The summed E-state index contributed by atoms with van der Waals surface area (Å²) in [5, 5.41) is 8.60. The number of benzene rings is 1. The van der Waals surface area contributed by atoms with Crippen LogP contribution in [0.4, 0.5) is 0 Å². The highest BCUT2D eigenvalue weighted by Crippen LogP contribution is 2.18. The van der Waals surface area contributed by atoms with Gasteiger partial charge in [0, 0.05) is 5.56 Å². The number of carboxylic acid groups (broad SMARTS) is 1. The predicted molar refractivity (Wildman–Crippen MR) is 55.6 cm³/mol. The van der Waals surface area contributed by atoms with E-state index in [9.17, 15) is 4.79 Å². The van der Waals surface area contributed by atoms with Gasteiger partial charge in [-0.15, -0.1) is 0 Å². The second-order valence-electron chi connectivity index (χ2n) is 2.78. The largest absolute Gasteiger partial charge is 0.497 e. The molecular weight excluding hydrogens is 196 g/mol. The molecule has 0 bridgehead atoms. The molecule has 0 unspecified atom stereocenters. The lowest BCUT2D eigenvalue weighted by Gasteiger charge is -2.06. The van der Waals surface area contributed by atoms with Crippen LogP contribution in [0.1, 0.15) is 5.56 Å². The Morgan fingerprint density at radius 2 is 1.87 bits per heavy atom. The second-order valence-corrected chi connectivity index (χ2v) is 2.78. The van der Waals surface area contributed by atoms with Gasteiger partial charge in [-0.3, -0.25) is 0 Å². The summed E-state index contributed by atoms with van der Waals surface area (Å²) < 4.78 is 9.95. The molecule has 80 valence electrons. The van der Waals surface area contributed by atoms with Crippen molar-refractivity contribution in [2.45, 2.75) is 0 Å². The van der Waals surface area contributed by atoms with E-state index in [4.69, 9.17) is 14.6 Å².